The fraction of sp³-hybridized carbons (Fsp3) is 0.200. The van der Waals surface area contributed by atoms with Gasteiger partial charge in [0.15, 0.2) is 11.1 Å². The number of imidazole rings is 1. The number of aromatic hydroxyl groups is 1. The summed E-state index contributed by atoms with van der Waals surface area (Å²) in [6, 6.07) is 8.94. The first-order valence-corrected chi connectivity index (χ1v) is 12.3. The maximum absolute atomic E-state index is 14.1. The van der Waals surface area contributed by atoms with E-state index in [-0.39, 0.29) is 23.4 Å². The number of hydrogen-bond donors (Lipinski definition) is 4. The highest BCUT2D eigenvalue weighted by Gasteiger charge is 2.20. The molecule has 1 aromatic carbocycles. The molecular formula is C25H22FN7O2S. The Morgan fingerprint density at radius 1 is 1.31 bits per heavy atom. The quantitative estimate of drug-likeness (QED) is 0.284. The van der Waals surface area contributed by atoms with Crippen LogP contribution in [0.4, 0.5) is 10.2 Å². The van der Waals surface area contributed by atoms with E-state index < -0.39 is 5.69 Å². The molecule has 9 nitrogen and oxygen atoms in total. The zero-order valence-corrected chi connectivity index (χ0v) is 20.1. The summed E-state index contributed by atoms with van der Waals surface area (Å²) in [6.45, 7) is 2.44. The molecule has 1 fully saturated rings. The van der Waals surface area contributed by atoms with Gasteiger partial charge in [0.25, 0.3) is 0 Å². The molecule has 4 aromatic heterocycles. The first-order chi connectivity index (χ1) is 17.4. The molecule has 0 saturated heterocycles. The number of hydrogen-bond acceptors (Lipinski definition) is 7. The van der Waals surface area contributed by atoms with Crippen molar-refractivity contribution in [2.45, 2.75) is 32.4 Å². The van der Waals surface area contributed by atoms with Crippen molar-refractivity contribution in [3.8, 4) is 16.3 Å². The second kappa shape index (κ2) is 8.76. The average molecular weight is 504 g/mol. The van der Waals surface area contributed by atoms with Crippen molar-refractivity contribution in [2.75, 3.05) is 5.32 Å². The zero-order valence-electron chi connectivity index (χ0n) is 19.2. The normalized spacial score (nSPS) is 14.7. The molecule has 4 heterocycles. The van der Waals surface area contributed by atoms with Crippen LogP contribution in [0.5, 0.6) is 5.88 Å². The Balaban J connectivity index is 1.41. The predicted octanol–water partition coefficient (Wildman–Crippen LogP) is 2.85. The third-order valence-corrected chi connectivity index (χ3v) is 7.07. The van der Waals surface area contributed by atoms with Crippen molar-refractivity contribution in [2.24, 2.45) is 4.99 Å². The molecule has 36 heavy (non-hydrogen) atoms. The van der Waals surface area contributed by atoms with Crippen LogP contribution in [0.15, 0.2) is 51.7 Å². The average Bonchev–Trinajstić information content (AvgIpc) is 3.26. The van der Waals surface area contributed by atoms with Crippen LogP contribution in [-0.2, 0) is 6.54 Å². The molecular weight excluding hydrogens is 481 g/mol. The van der Waals surface area contributed by atoms with Gasteiger partial charge in [-0.2, -0.15) is 9.61 Å². The Labute approximate surface area is 207 Å². The van der Waals surface area contributed by atoms with Crippen molar-refractivity contribution >= 4 is 28.9 Å². The molecule has 5 aromatic rings. The molecule has 0 aliphatic heterocycles. The van der Waals surface area contributed by atoms with E-state index in [1.54, 1.807) is 40.3 Å². The Hall–Kier alpha value is -4.25. The number of H-pyrrole nitrogens is 2. The summed E-state index contributed by atoms with van der Waals surface area (Å²) in [5.74, 6) is 0.0448. The number of thiophene rings is 1. The van der Waals surface area contributed by atoms with E-state index in [4.69, 9.17) is 9.98 Å². The van der Waals surface area contributed by atoms with E-state index in [1.165, 1.54) is 6.07 Å². The molecule has 182 valence electrons. The molecule has 1 saturated carbocycles. The highest BCUT2D eigenvalue weighted by molar-refractivity contribution is 7.13. The molecule has 0 spiro atoms. The van der Waals surface area contributed by atoms with Crippen LogP contribution in [-0.4, -0.2) is 35.7 Å². The number of nitrogens with one attached hydrogen (secondary N) is 3. The van der Waals surface area contributed by atoms with Crippen LogP contribution in [0.2, 0.25) is 0 Å². The summed E-state index contributed by atoms with van der Waals surface area (Å²) in [5, 5.41) is 20.4. The van der Waals surface area contributed by atoms with E-state index >= 15 is 0 Å². The van der Waals surface area contributed by atoms with Crippen LogP contribution in [0.25, 0.3) is 22.2 Å². The number of rotatable bonds is 6. The van der Waals surface area contributed by atoms with Crippen molar-refractivity contribution in [1.29, 1.82) is 0 Å². The van der Waals surface area contributed by atoms with Gasteiger partial charge in [-0.1, -0.05) is 6.07 Å². The predicted molar refractivity (Wildman–Crippen MR) is 135 cm³/mol. The summed E-state index contributed by atoms with van der Waals surface area (Å²) < 4.78 is 15.8. The molecule has 0 amide bonds. The summed E-state index contributed by atoms with van der Waals surface area (Å²) in [7, 11) is 0. The third-order valence-electron chi connectivity index (χ3n) is 6.02. The molecule has 1 aliphatic rings. The Kier molecular flexibility index (Phi) is 5.41. The second-order valence-electron chi connectivity index (χ2n) is 8.77. The monoisotopic (exact) mass is 503 g/mol. The fourth-order valence-corrected chi connectivity index (χ4v) is 5.01. The Morgan fingerprint density at radius 2 is 2.17 bits per heavy atom. The van der Waals surface area contributed by atoms with E-state index in [0.717, 1.165) is 34.4 Å². The molecule has 0 unspecified atom stereocenters. The largest absolute Gasteiger partial charge is 0.493 e. The topological polar surface area (TPSA) is 123 Å². The van der Waals surface area contributed by atoms with Crippen LogP contribution in [0, 0.1) is 12.7 Å². The minimum Gasteiger partial charge on any atom is -0.493 e. The highest BCUT2D eigenvalue weighted by Crippen LogP contribution is 2.32. The van der Waals surface area contributed by atoms with Crippen molar-refractivity contribution in [3.63, 3.8) is 0 Å². The van der Waals surface area contributed by atoms with Gasteiger partial charge in [0.05, 0.1) is 12.2 Å². The van der Waals surface area contributed by atoms with Gasteiger partial charge in [-0.3, -0.25) is 9.98 Å². The van der Waals surface area contributed by atoms with Crippen LogP contribution in [0.1, 0.15) is 29.7 Å². The molecule has 0 bridgehead atoms. The first kappa shape index (κ1) is 22.2. The zero-order chi connectivity index (χ0) is 24.8. The maximum atomic E-state index is 14.1. The maximum Gasteiger partial charge on any atom is 0.326 e. The van der Waals surface area contributed by atoms with Gasteiger partial charge < -0.3 is 15.4 Å². The lowest BCUT2D eigenvalue weighted by Gasteiger charge is -2.12. The standard InChI is InChI=1S/C25H22FN7O2S/c1-13-6-7-36-22(13)18-9-16(26)3-2-14(18)11-27-20-10-21(29-17-4-5-17)33-23(31-20)15(12-28-33)8-19-24(34)32-25(35)30-19/h2-3,6-10,12,17,27,34H,4-5,11H2,1H3,(H2,30,32,35). The molecule has 6 rings (SSSR count). The van der Waals surface area contributed by atoms with Gasteiger partial charge >= 0.3 is 5.69 Å². The molecule has 11 heteroatoms. The lowest BCUT2D eigenvalue weighted by atomic mass is 10.0. The summed E-state index contributed by atoms with van der Waals surface area (Å²) >= 11 is 1.58. The van der Waals surface area contributed by atoms with Gasteiger partial charge in [-0.15, -0.1) is 11.3 Å². The number of nitrogens with zero attached hydrogens (tertiary/aromatic N) is 4. The second-order valence-corrected chi connectivity index (χ2v) is 9.68. The van der Waals surface area contributed by atoms with E-state index in [1.807, 2.05) is 24.4 Å². The molecule has 1 aliphatic carbocycles. The van der Waals surface area contributed by atoms with Crippen LogP contribution in [0.3, 0.4) is 0 Å². The van der Waals surface area contributed by atoms with Gasteiger partial charge in [-0.25, -0.2) is 14.2 Å². The van der Waals surface area contributed by atoms with Crippen molar-refractivity contribution in [3.05, 3.63) is 85.7 Å². The van der Waals surface area contributed by atoms with E-state index in [9.17, 15) is 14.3 Å². The number of aryl methyl sites for hydroxylation is 1. The summed E-state index contributed by atoms with van der Waals surface area (Å²) in [5.41, 5.74) is 3.80. The summed E-state index contributed by atoms with van der Waals surface area (Å²) in [4.78, 5) is 26.9. The molecule has 0 atom stereocenters. The van der Waals surface area contributed by atoms with Gasteiger partial charge in [-0.05, 0) is 66.1 Å². The van der Waals surface area contributed by atoms with Crippen molar-refractivity contribution in [1.82, 2.24) is 24.6 Å². The lowest BCUT2D eigenvalue weighted by Crippen LogP contribution is -2.20. The number of aromatic amines is 2. The minimum absolute atomic E-state index is 0.234. The number of benzene rings is 1. The van der Waals surface area contributed by atoms with Crippen LogP contribution < -0.4 is 21.7 Å². The minimum atomic E-state index is -0.508. The number of anilines is 1. The van der Waals surface area contributed by atoms with Gasteiger partial charge in [0.2, 0.25) is 5.88 Å². The third kappa shape index (κ3) is 4.29. The number of aromatic nitrogens is 5. The Bertz CT molecular complexity index is 1780. The Morgan fingerprint density at radius 3 is 2.89 bits per heavy atom. The number of fused-ring (bicyclic) bond motifs is 1. The van der Waals surface area contributed by atoms with Gasteiger partial charge in [0.1, 0.15) is 17.3 Å². The van der Waals surface area contributed by atoms with E-state index in [2.05, 4.69) is 20.4 Å². The SMILES string of the molecule is Cc1ccsc1-c1cc(F)ccc1CNc1cc(=NC2CC2)n2ncc(=Cc3[nH]c(=O)[nH]c3O)c2n1. The van der Waals surface area contributed by atoms with Crippen LogP contribution >= 0.6 is 11.3 Å². The highest BCUT2D eigenvalue weighted by atomic mass is 32.1. The molecule has 0 radical (unpaired) electrons. The molecule has 4 N–H and O–H groups in total. The smallest absolute Gasteiger partial charge is 0.326 e. The van der Waals surface area contributed by atoms with Gasteiger partial charge in [0, 0.05) is 22.7 Å². The first-order valence-electron chi connectivity index (χ1n) is 11.5. The van der Waals surface area contributed by atoms with E-state index in [0.29, 0.717) is 28.7 Å². The number of halogens is 1. The fourth-order valence-electron chi connectivity index (χ4n) is 4.04. The summed E-state index contributed by atoms with van der Waals surface area (Å²) in [6.07, 6.45) is 5.28. The van der Waals surface area contributed by atoms with Crippen molar-refractivity contribution < 1.29 is 9.50 Å². The lowest BCUT2D eigenvalue weighted by molar-refractivity contribution is 0.454.